The van der Waals surface area contributed by atoms with Crippen molar-refractivity contribution in [2.75, 3.05) is 11.4 Å². The van der Waals surface area contributed by atoms with Gasteiger partial charge in [-0.3, -0.25) is 0 Å². The third-order valence-corrected chi connectivity index (χ3v) is 4.22. The number of anilines is 1. The van der Waals surface area contributed by atoms with Gasteiger partial charge in [0.1, 0.15) is 5.69 Å². The van der Waals surface area contributed by atoms with E-state index in [4.69, 9.17) is 0 Å². The normalized spacial score (nSPS) is 14.2. The first-order chi connectivity index (χ1) is 10.4. The predicted molar refractivity (Wildman–Crippen MR) is 85.4 cm³/mol. The smallest absolute Gasteiger partial charge is 0.105 e. The van der Waals surface area contributed by atoms with Crippen LogP contribution in [0.5, 0.6) is 0 Å². The Balaban J connectivity index is 1.64. The molecule has 0 aliphatic carbocycles. The minimum absolute atomic E-state index is 0.883. The number of aromatic nitrogens is 3. The molecule has 0 atom stereocenters. The Hall–Kier alpha value is -1.84. The number of benzene rings is 1. The van der Waals surface area contributed by atoms with Crippen molar-refractivity contribution in [3.8, 4) is 0 Å². The molecule has 0 unspecified atom stereocenters. The van der Waals surface area contributed by atoms with Gasteiger partial charge in [0, 0.05) is 25.2 Å². The van der Waals surface area contributed by atoms with E-state index in [-0.39, 0.29) is 0 Å². The molecule has 1 aromatic carbocycles. The zero-order valence-corrected chi connectivity index (χ0v) is 12.8. The number of fused-ring (bicyclic) bond motifs is 1. The molecule has 21 heavy (non-hydrogen) atoms. The second-order valence-electron chi connectivity index (χ2n) is 5.77. The number of hydrogen-bond acceptors (Lipinski definition) is 3. The summed E-state index contributed by atoms with van der Waals surface area (Å²) < 4.78 is 2.13. The van der Waals surface area contributed by atoms with Crippen LogP contribution in [0.4, 0.5) is 5.69 Å². The maximum Gasteiger partial charge on any atom is 0.105 e. The topological polar surface area (TPSA) is 34.0 Å². The van der Waals surface area contributed by atoms with Crippen molar-refractivity contribution in [2.24, 2.45) is 0 Å². The molecule has 0 saturated heterocycles. The van der Waals surface area contributed by atoms with Gasteiger partial charge in [0.2, 0.25) is 0 Å². The van der Waals surface area contributed by atoms with Crippen molar-refractivity contribution >= 4 is 5.69 Å². The van der Waals surface area contributed by atoms with E-state index in [0.717, 1.165) is 31.7 Å². The highest BCUT2D eigenvalue weighted by atomic mass is 15.4. The summed E-state index contributed by atoms with van der Waals surface area (Å²) >= 11 is 0. The monoisotopic (exact) mass is 284 g/mol. The summed E-state index contributed by atoms with van der Waals surface area (Å²) in [6.45, 7) is 5.21. The van der Waals surface area contributed by atoms with Crippen molar-refractivity contribution in [1.82, 2.24) is 15.0 Å². The fourth-order valence-corrected chi connectivity index (χ4v) is 2.99. The average Bonchev–Trinajstić information content (AvgIpc) is 2.95. The molecule has 0 N–H and O–H groups in total. The second-order valence-corrected chi connectivity index (χ2v) is 5.77. The van der Waals surface area contributed by atoms with Crippen LogP contribution in [0.3, 0.4) is 0 Å². The molecule has 0 saturated carbocycles. The van der Waals surface area contributed by atoms with Crippen LogP contribution >= 0.6 is 0 Å². The van der Waals surface area contributed by atoms with Crippen LogP contribution < -0.4 is 4.90 Å². The van der Waals surface area contributed by atoms with Gasteiger partial charge in [-0.05, 0) is 18.6 Å². The molecule has 0 spiro atoms. The summed E-state index contributed by atoms with van der Waals surface area (Å²) in [4.78, 5) is 2.39. The van der Waals surface area contributed by atoms with E-state index >= 15 is 0 Å². The standard InChI is InChI=1S/C17H24N4/c1-2-3-4-8-12-21-17-11-13-20(14-16(17)18-19-21)15-9-6-5-7-10-15/h5-7,9-10H,2-4,8,11-14H2,1H3. The Labute approximate surface area is 126 Å². The lowest BCUT2D eigenvalue weighted by Crippen LogP contribution is -2.31. The Morgan fingerprint density at radius 1 is 1.10 bits per heavy atom. The van der Waals surface area contributed by atoms with E-state index in [2.05, 4.69) is 57.1 Å². The number of hydrogen-bond donors (Lipinski definition) is 0. The van der Waals surface area contributed by atoms with Gasteiger partial charge in [0.05, 0.1) is 12.2 Å². The van der Waals surface area contributed by atoms with Crippen molar-refractivity contribution in [3.05, 3.63) is 41.7 Å². The molecule has 0 radical (unpaired) electrons. The third kappa shape index (κ3) is 3.26. The van der Waals surface area contributed by atoms with Crippen LogP contribution in [0.2, 0.25) is 0 Å². The lowest BCUT2D eigenvalue weighted by atomic mass is 10.1. The van der Waals surface area contributed by atoms with Gasteiger partial charge in [0.25, 0.3) is 0 Å². The molecule has 0 amide bonds. The molecule has 2 aromatic rings. The maximum absolute atomic E-state index is 4.40. The number of nitrogens with zero attached hydrogens (tertiary/aromatic N) is 4. The average molecular weight is 284 g/mol. The minimum Gasteiger partial charge on any atom is -0.365 e. The molecule has 1 aromatic heterocycles. The largest absolute Gasteiger partial charge is 0.365 e. The van der Waals surface area contributed by atoms with E-state index < -0.39 is 0 Å². The summed E-state index contributed by atoms with van der Waals surface area (Å²) in [5.74, 6) is 0. The van der Waals surface area contributed by atoms with Crippen LogP contribution in [-0.2, 0) is 19.5 Å². The molecule has 4 heteroatoms. The summed E-state index contributed by atoms with van der Waals surface area (Å²) in [6, 6.07) is 10.6. The van der Waals surface area contributed by atoms with Crippen molar-refractivity contribution in [2.45, 2.75) is 52.1 Å². The van der Waals surface area contributed by atoms with E-state index in [1.807, 2.05) is 0 Å². The lowest BCUT2D eigenvalue weighted by molar-refractivity contribution is 0.509. The first kappa shape index (κ1) is 14.1. The third-order valence-electron chi connectivity index (χ3n) is 4.22. The fourth-order valence-electron chi connectivity index (χ4n) is 2.99. The number of unbranched alkanes of at least 4 members (excludes halogenated alkanes) is 3. The molecule has 0 fully saturated rings. The van der Waals surface area contributed by atoms with Crippen molar-refractivity contribution in [3.63, 3.8) is 0 Å². The summed E-state index contributed by atoms with van der Waals surface area (Å²) in [7, 11) is 0. The molecular weight excluding hydrogens is 260 g/mol. The van der Waals surface area contributed by atoms with E-state index in [9.17, 15) is 0 Å². The van der Waals surface area contributed by atoms with Crippen molar-refractivity contribution in [1.29, 1.82) is 0 Å². The highest BCUT2D eigenvalue weighted by Gasteiger charge is 2.21. The van der Waals surface area contributed by atoms with Gasteiger partial charge in [-0.25, -0.2) is 4.68 Å². The van der Waals surface area contributed by atoms with Crippen LogP contribution in [0.1, 0.15) is 44.0 Å². The van der Waals surface area contributed by atoms with Gasteiger partial charge >= 0.3 is 0 Å². The molecule has 1 aliphatic heterocycles. The minimum atomic E-state index is 0.883. The predicted octanol–water partition coefficient (Wildman–Crippen LogP) is 3.42. The second kappa shape index (κ2) is 6.74. The first-order valence-electron chi connectivity index (χ1n) is 8.09. The molecule has 1 aliphatic rings. The van der Waals surface area contributed by atoms with Crippen LogP contribution in [0.15, 0.2) is 30.3 Å². The molecule has 3 rings (SSSR count). The summed E-state index contributed by atoms with van der Waals surface area (Å²) in [5.41, 5.74) is 3.78. The quantitative estimate of drug-likeness (QED) is 0.762. The van der Waals surface area contributed by atoms with Gasteiger partial charge < -0.3 is 4.90 Å². The van der Waals surface area contributed by atoms with Gasteiger partial charge in [0.15, 0.2) is 0 Å². The summed E-state index contributed by atoms with van der Waals surface area (Å²) in [5, 5.41) is 8.77. The Bertz CT molecular complexity index is 561. The van der Waals surface area contributed by atoms with E-state index in [1.165, 1.54) is 37.1 Å². The number of para-hydroxylation sites is 1. The number of rotatable bonds is 6. The van der Waals surface area contributed by atoms with Gasteiger partial charge in [-0.15, -0.1) is 5.10 Å². The van der Waals surface area contributed by atoms with Crippen molar-refractivity contribution < 1.29 is 0 Å². The number of aryl methyl sites for hydroxylation is 1. The molecule has 112 valence electrons. The van der Waals surface area contributed by atoms with Gasteiger partial charge in [-0.2, -0.15) is 0 Å². The summed E-state index contributed by atoms with van der Waals surface area (Å²) in [6.07, 6.45) is 6.15. The zero-order chi connectivity index (χ0) is 14.5. The molecule has 4 nitrogen and oxygen atoms in total. The van der Waals surface area contributed by atoms with Crippen LogP contribution in [0.25, 0.3) is 0 Å². The van der Waals surface area contributed by atoms with Crippen LogP contribution in [0, 0.1) is 0 Å². The zero-order valence-electron chi connectivity index (χ0n) is 12.8. The Kier molecular flexibility index (Phi) is 4.53. The maximum atomic E-state index is 4.40. The first-order valence-corrected chi connectivity index (χ1v) is 8.09. The SMILES string of the molecule is CCCCCCn1nnc2c1CCN(c1ccccc1)C2. The molecule has 0 bridgehead atoms. The van der Waals surface area contributed by atoms with E-state index in [1.54, 1.807) is 0 Å². The molecular formula is C17H24N4. The fraction of sp³-hybridized carbons (Fsp3) is 0.529. The Morgan fingerprint density at radius 2 is 1.95 bits per heavy atom. The highest BCUT2D eigenvalue weighted by Crippen LogP contribution is 2.23. The highest BCUT2D eigenvalue weighted by molar-refractivity contribution is 5.47. The lowest BCUT2D eigenvalue weighted by Gasteiger charge is -2.28. The Morgan fingerprint density at radius 3 is 2.76 bits per heavy atom. The van der Waals surface area contributed by atoms with Crippen LogP contribution in [-0.4, -0.2) is 21.5 Å². The molecule has 2 heterocycles. The van der Waals surface area contributed by atoms with Gasteiger partial charge in [-0.1, -0.05) is 49.6 Å². The van der Waals surface area contributed by atoms with E-state index in [0.29, 0.717) is 0 Å².